The molecule has 0 radical (unpaired) electrons. The number of likely N-dealkylation sites (tertiary alicyclic amines) is 1. The number of hydrogen-bond acceptors (Lipinski definition) is 3. The SMILES string of the molecule is NCc1nc2cc(Cl)ccc2n1CCN1CCCCC1. The first-order valence-corrected chi connectivity index (χ1v) is 7.73. The van der Waals surface area contributed by atoms with Gasteiger partial charge in [0.05, 0.1) is 17.6 Å². The summed E-state index contributed by atoms with van der Waals surface area (Å²) in [5, 5.41) is 0.724. The van der Waals surface area contributed by atoms with Gasteiger partial charge in [-0.15, -0.1) is 0 Å². The summed E-state index contributed by atoms with van der Waals surface area (Å²) in [7, 11) is 0. The van der Waals surface area contributed by atoms with Crippen molar-refractivity contribution in [2.45, 2.75) is 32.4 Å². The summed E-state index contributed by atoms with van der Waals surface area (Å²) in [6.45, 7) is 4.92. The van der Waals surface area contributed by atoms with Gasteiger partial charge >= 0.3 is 0 Å². The van der Waals surface area contributed by atoms with Gasteiger partial charge in [0.15, 0.2) is 0 Å². The van der Waals surface area contributed by atoms with Crippen LogP contribution in [0.25, 0.3) is 11.0 Å². The highest BCUT2D eigenvalue weighted by Crippen LogP contribution is 2.21. The van der Waals surface area contributed by atoms with Crippen molar-refractivity contribution in [1.82, 2.24) is 14.5 Å². The Morgan fingerprint density at radius 1 is 1.15 bits per heavy atom. The van der Waals surface area contributed by atoms with Crippen LogP contribution in [-0.2, 0) is 13.1 Å². The number of aromatic nitrogens is 2. The first-order valence-electron chi connectivity index (χ1n) is 7.35. The van der Waals surface area contributed by atoms with Crippen molar-refractivity contribution < 1.29 is 0 Å². The smallest absolute Gasteiger partial charge is 0.123 e. The Kier molecular flexibility index (Phi) is 4.24. The molecule has 3 rings (SSSR count). The fraction of sp³-hybridized carbons (Fsp3) is 0.533. The van der Waals surface area contributed by atoms with E-state index in [1.807, 2.05) is 18.2 Å². The summed E-state index contributed by atoms with van der Waals surface area (Å²) in [5.74, 6) is 0.944. The zero-order chi connectivity index (χ0) is 13.9. The Balaban J connectivity index is 1.81. The topological polar surface area (TPSA) is 47.1 Å². The van der Waals surface area contributed by atoms with Crippen LogP contribution in [-0.4, -0.2) is 34.1 Å². The molecule has 1 aromatic heterocycles. The summed E-state index contributed by atoms with van der Waals surface area (Å²) in [4.78, 5) is 7.12. The standard InChI is InChI=1S/C15H21ClN4/c16-12-4-5-14-13(10-12)18-15(11-17)20(14)9-8-19-6-2-1-3-7-19/h4-5,10H,1-3,6-9,11,17H2. The first-order chi connectivity index (χ1) is 9.78. The van der Waals surface area contributed by atoms with E-state index in [2.05, 4.69) is 14.5 Å². The molecule has 2 N–H and O–H groups in total. The summed E-state index contributed by atoms with van der Waals surface area (Å²) in [6.07, 6.45) is 4.02. The van der Waals surface area contributed by atoms with Crippen LogP contribution >= 0.6 is 11.6 Å². The number of benzene rings is 1. The summed E-state index contributed by atoms with van der Waals surface area (Å²) in [5.41, 5.74) is 7.90. The van der Waals surface area contributed by atoms with Crippen LogP contribution in [0.2, 0.25) is 5.02 Å². The molecular weight excluding hydrogens is 272 g/mol. The van der Waals surface area contributed by atoms with Gasteiger partial charge in [0.25, 0.3) is 0 Å². The largest absolute Gasteiger partial charge is 0.326 e. The van der Waals surface area contributed by atoms with Crippen molar-refractivity contribution in [1.29, 1.82) is 0 Å². The van der Waals surface area contributed by atoms with Crippen LogP contribution in [0.15, 0.2) is 18.2 Å². The minimum Gasteiger partial charge on any atom is -0.326 e. The van der Waals surface area contributed by atoms with E-state index in [-0.39, 0.29) is 0 Å². The lowest BCUT2D eigenvalue weighted by Gasteiger charge is -2.26. The maximum atomic E-state index is 6.03. The molecule has 108 valence electrons. The molecule has 2 heterocycles. The van der Waals surface area contributed by atoms with E-state index in [9.17, 15) is 0 Å². The second-order valence-corrected chi connectivity index (χ2v) is 5.86. The van der Waals surface area contributed by atoms with E-state index < -0.39 is 0 Å². The maximum absolute atomic E-state index is 6.03. The zero-order valence-electron chi connectivity index (χ0n) is 11.7. The van der Waals surface area contributed by atoms with Crippen LogP contribution in [0.5, 0.6) is 0 Å². The van der Waals surface area contributed by atoms with E-state index in [0.717, 1.165) is 35.0 Å². The number of fused-ring (bicyclic) bond motifs is 1. The predicted molar refractivity (Wildman–Crippen MR) is 82.9 cm³/mol. The van der Waals surface area contributed by atoms with Crippen molar-refractivity contribution in [2.75, 3.05) is 19.6 Å². The summed E-state index contributed by atoms with van der Waals surface area (Å²) < 4.78 is 2.24. The third-order valence-electron chi connectivity index (χ3n) is 4.06. The Bertz CT molecular complexity index is 587. The Morgan fingerprint density at radius 3 is 2.70 bits per heavy atom. The summed E-state index contributed by atoms with van der Waals surface area (Å²) in [6, 6.07) is 5.87. The monoisotopic (exact) mass is 292 g/mol. The van der Waals surface area contributed by atoms with Gasteiger partial charge in [-0.1, -0.05) is 18.0 Å². The van der Waals surface area contributed by atoms with Crippen molar-refractivity contribution in [3.8, 4) is 0 Å². The molecule has 1 fully saturated rings. The van der Waals surface area contributed by atoms with Gasteiger partial charge in [0, 0.05) is 18.1 Å². The number of nitrogens with zero attached hydrogens (tertiary/aromatic N) is 3. The van der Waals surface area contributed by atoms with Gasteiger partial charge in [0.1, 0.15) is 5.82 Å². The minimum absolute atomic E-state index is 0.465. The molecule has 1 aliphatic heterocycles. The number of halogens is 1. The summed E-state index contributed by atoms with van der Waals surface area (Å²) >= 11 is 6.03. The normalized spacial score (nSPS) is 16.9. The minimum atomic E-state index is 0.465. The van der Waals surface area contributed by atoms with Crippen LogP contribution in [0.4, 0.5) is 0 Å². The number of hydrogen-bond donors (Lipinski definition) is 1. The molecular formula is C15H21ClN4. The highest BCUT2D eigenvalue weighted by atomic mass is 35.5. The Morgan fingerprint density at radius 2 is 1.95 bits per heavy atom. The van der Waals surface area contributed by atoms with E-state index in [0.29, 0.717) is 6.54 Å². The highest BCUT2D eigenvalue weighted by molar-refractivity contribution is 6.31. The average molecular weight is 293 g/mol. The predicted octanol–water partition coefficient (Wildman–Crippen LogP) is 2.63. The van der Waals surface area contributed by atoms with Gasteiger partial charge in [-0.2, -0.15) is 0 Å². The lowest BCUT2D eigenvalue weighted by atomic mass is 10.1. The maximum Gasteiger partial charge on any atom is 0.123 e. The molecule has 1 saturated heterocycles. The number of nitrogens with two attached hydrogens (primary N) is 1. The van der Waals surface area contributed by atoms with E-state index in [4.69, 9.17) is 17.3 Å². The third-order valence-corrected chi connectivity index (χ3v) is 4.30. The van der Waals surface area contributed by atoms with Crippen LogP contribution in [0, 0.1) is 0 Å². The molecule has 1 aliphatic rings. The molecule has 0 atom stereocenters. The van der Waals surface area contributed by atoms with Gasteiger partial charge in [-0.25, -0.2) is 4.98 Å². The van der Waals surface area contributed by atoms with E-state index in [1.54, 1.807) is 0 Å². The first kappa shape index (κ1) is 13.9. The van der Waals surface area contributed by atoms with Crippen LogP contribution < -0.4 is 5.73 Å². The van der Waals surface area contributed by atoms with Crippen LogP contribution in [0.1, 0.15) is 25.1 Å². The molecule has 0 saturated carbocycles. The lowest BCUT2D eigenvalue weighted by molar-refractivity contribution is 0.221. The number of imidazole rings is 1. The fourth-order valence-corrected chi connectivity index (χ4v) is 3.15. The van der Waals surface area contributed by atoms with E-state index in [1.165, 1.54) is 32.4 Å². The van der Waals surface area contributed by atoms with Gasteiger partial charge in [0.2, 0.25) is 0 Å². The molecule has 0 unspecified atom stereocenters. The molecule has 5 heteroatoms. The quantitative estimate of drug-likeness (QED) is 0.942. The Hall–Kier alpha value is -1.10. The van der Waals surface area contributed by atoms with E-state index >= 15 is 0 Å². The number of piperidine rings is 1. The van der Waals surface area contributed by atoms with Gasteiger partial charge in [-0.3, -0.25) is 0 Å². The molecule has 4 nitrogen and oxygen atoms in total. The third kappa shape index (κ3) is 2.82. The average Bonchev–Trinajstić information content (AvgIpc) is 2.83. The molecule has 0 amide bonds. The number of rotatable bonds is 4. The molecule has 0 bridgehead atoms. The molecule has 0 spiro atoms. The molecule has 0 aliphatic carbocycles. The zero-order valence-corrected chi connectivity index (χ0v) is 12.4. The molecule has 1 aromatic carbocycles. The van der Waals surface area contributed by atoms with Gasteiger partial charge in [-0.05, 0) is 44.1 Å². The van der Waals surface area contributed by atoms with Crippen molar-refractivity contribution in [2.24, 2.45) is 5.73 Å². The second-order valence-electron chi connectivity index (χ2n) is 5.42. The highest BCUT2D eigenvalue weighted by Gasteiger charge is 2.13. The van der Waals surface area contributed by atoms with Crippen molar-refractivity contribution in [3.05, 3.63) is 29.0 Å². The molecule has 2 aromatic rings. The molecule has 20 heavy (non-hydrogen) atoms. The Labute approximate surface area is 124 Å². The van der Waals surface area contributed by atoms with Crippen LogP contribution in [0.3, 0.4) is 0 Å². The fourth-order valence-electron chi connectivity index (χ4n) is 2.98. The van der Waals surface area contributed by atoms with Gasteiger partial charge < -0.3 is 15.2 Å². The van der Waals surface area contributed by atoms with Crippen molar-refractivity contribution >= 4 is 22.6 Å². The second kappa shape index (κ2) is 6.12. The van der Waals surface area contributed by atoms with Crippen molar-refractivity contribution in [3.63, 3.8) is 0 Å². The lowest BCUT2D eigenvalue weighted by Crippen LogP contribution is -2.32.